The zero-order chi connectivity index (χ0) is 17.7. The van der Waals surface area contributed by atoms with E-state index < -0.39 is 0 Å². The Bertz CT molecular complexity index is 712. The number of pyridine rings is 1. The zero-order valence-electron chi connectivity index (χ0n) is 13.9. The average Bonchev–Trinajstić information content (AvgIpc) is 2.63. The van der Waals surface area contributed by atoms with E-state index in [-0.39, 0.29) is 5.41 Å². The topological polar surface area (TPSA) is 37.0 Å². The lowest BCUT2D eigenvalue weighted by atomic mass is 9.69. The molecule has 1 heterocycles. The highest BCUT2D eigenvalue weighted by molar-refractivity contribution is 9.10. The first kappa shape index (κ1) is 18.6. The van der Waals surface area contributed by atoms with E-state index in [1.54, 1.807) is 6.20 Å². The monoisotopic (exact) mass is 437 g/mol. The van der Waals surface area contributed by atoms with Gasteiger partial charge in [-0.2, -0.15) is 0 Å². The molecule has 0 aliphatic heterocycles. The normalized spacial score (nSPS) is 16.2. The van der Waals surface area contributed by atoms with Gasteiger partial charge in [-0.25, -0.2) is 4.98 Å². The molecule has 0 radical (unpaired) electrons. The Hall–Kier alpha value is -1.17. The fourth-order valence-electron chi connectivity index (χ4n) is 3.46. The summed E-state index contributed by atoms with van der Waals surface area (Å²) >= 11 is 14.9. The molecule has 1 aromatic carbocycles. The van der Waals surface area contributed by atoms with Gasteiger partial charge in [0.1, 0.15) is 5.82 Å². The largest absolute Gasteiger partial charge is 0.362 e. The quantitative estimate of drug-likeness (QED) is 0.602. The predicted molar refractivity (Wildman–Crippen MR) is 112 cm³/mol. The fraction of sp³-hybridized carbons (Fsp3) is 0.368. The van der Waals surface area contributed by atoms with E-state index in [1.807, 2.05) is 24.3 Å². The van der Waals surface area contributed by atoms with Crippen LogP contribution in [0.2, 0.25) is 5.02 Å². The minimum Gasteiger partial charge on any atom is -0.362 e. The van der Waals surface area contributed by atoms with Crippen molar-refractivity contribution in [1.29, 1.82) is 0 Å². The standard InChI is InChI=1S/C19H21BrClN3S/c20-15-6-9-17(22-12-15)24-18(25)23-13-19(10-2-1-3-11-19)14-4-7-16(21)8-5-14/h4-9,12H,1-3,10-11,13H2,(H2,22,23,24,25). The second kappa shape index (κ2) is 8.47. The van der Waals surface area contributed by atoms with Crippen LogP contribution in [0.4, 0.5) is 5.82 Å². The van der Waals surface area contributed by atoms with Crippen molar-refractivity contribution in [2.45, 2.75) is 37.5 Å². The number of benzene rings is 1. The summed E-state index contributed by atoms with van der Waals surface area (Å²) < 4.78 is 0.945. The highest BCUT2D eigenvalue weighted by Gasteiger charge is 2.33. The Morgan fingerprint density at radius 2 is 1.84 bits per heavy atom. The van der Waals surface area contributed by atoms with Gasteiger partial charge >= 0.3 is 0 Å². The van der Waals surface area contributed by atoms with Gasteiger partial charge in [0, 0.05) is 27.7 Å². The maximum atomic E-state index is 6.07. The third kappa shape index (κ3) is 4.93. The molecule has 1 aromatic heterocycles. The number of nitrogens with one attached hydrogen (secondary N) is 2. The molecule has 0 bridgehead atoms. The second-order valence-electron chi connectivity index (χ2n) is 6.52. The number of rotatable bonds is 4. The average molecular weight is 439 g/mol. The third-order valence-corrected chi connectivity index (χ3v) is 5.79. The van der Waals surface area contributed by atoms with Gasteiger partial charge in [-0.15, -0.1) is 0 Å². The van der Waals surface area contributed by atoms with E-state index in [0.29, 0.717) is 5.11 Å². The molecule has 6 heteroatoms. The van der Waals surface area contributed by atoms with Crippen molar-refractivity contribution < 1.29 is 0 Å². The minimum absolute atomic E-state index is 0.113. The molecule has 1 aliphatic carbocycles. The maximum absolute atomic E-state index is 6.07. The molecular formula is C19H21BrClN3S. The van der Waals surface area contributed by atoms with Crippen molar-refractivity contribution >= 4 is 50.7 Å². The smallest absolute Gasteiger partial charge is 0.171 e. The number of hydrogen-bond donors (Lipinski definition) is 2. The van der Waals surface area contributed by atoms with Crippen LogP contribution in [0.15, 0.2) is 47.1 Å². The Morgan fingerprint density at radius 1 is 1.12 bits per heavy atom. The first-order valence-corrected chi connectivity index (χ1v) is 10.1. The molecule has 25 heavy (non-hydrogen) atoms. The van der Waals surface area contributed by atoms with Crippen molar-refractivity contribution in [3.8, 4) is 0 Å². The number of anilines is 1. The van der Waals surface area contributed by atoms with Crippen LogP contribution in [0.3, 0.4) is 0 Å². The van der Waals surface area contributed by atoms with Crippen LogP contribution < -0.4 is 10.6 Å². The van der Waals surface area contributed by atoms with Crippen molar-refractivity contribution in [2.75, 3.05) is 11.9 Å². The Kier molecular flexibility index (Phi) is 6.31. The SMILES string of the molecule is S=C(NCC1(c2ccc(Cl)cc2)CCCCC1)Nc1ccc(Br)cn1. The van der Waals surface area contributed by atoms with Crippen LogP contribution in [0.5, 0.6) is 0 Å². The van der Waals surface area contributed by atoms with E-state index >= 15 is 0 Å². The molecule has 3 rings (SSSR count). The number of nitrogens with zero attached hydrogens (tertiary/aromatic N) is 1. The molecule has 0 spiro atoms. The Balaban J connectivity index is 1.67. The van der Waals surface area contributed by atoms with Gasteiger partial charge < -0.3 is 10.6 Å². The lowest BCUT2D eigenvalue weighted by Gasteiger charge is -2.38. The molecule has 0 saturated heterocycles. The minimum atomic E-state index is 0.113. The predicted octanol–water partition coefficient (Wildman–Crippen LogP) is 5.69. The summed E-state index contributed by atoms with van der Waals surface area (Å²) in [5, 5.41) is 7.94. The van der Waals surface area contributed by atoms with Gasteiger partial charge in [0.25, 0.3) is 0 Å². The number of aromatic nitrogens is 1. The van der Waals surface area contributed by atoms with Gasteiger partial charge in [-0.05, 0) is 70.8 Å². The van der Waals surface area contributed by atoms with Crippen LogP contribution in [0.25, 0.3) is 0 Å². The summed E-state index contributed by atoms with van der Waals surface area (Å²) in [5.74, 6) is 0.741. The number of halogens is 2. The van der Waals surface area contributed by atoms with E-state index in [2.05, 4.69) is 43.7 Å². The maximum Gasteiger partial charge on any atom is 0.171 e. The molecule has 132 valence electrons. The molecule has 3 nitrogen and oxygen atoms in total. The molecule has 2 aromatic rings. The Labute approximate surface area is 167 Å². The fourth-order valence-corrected chi connectivity index (χ4v) is 4.00. The molecule has 1 fully saturated rings. The molecule has 2 N–H and O–H groups in total. The zero-order valence-corrected chi connectivity index (χ0v) is 17.1. The van der Waals surface area contributed by atoms with Crippen LogP contribution in [0, 0.1) is 0 Å². The van der Waals surface area contributed by atoms with Crippen LogP contribution in [-0.2, 0) is 5.41 Å². The number of thiocarbonyl (C=S) groups is 1. The molecule has 0 atom stereocenters. The van der Waals surface area contributed by atoms with Crippen molar-refractivity contribution in [1.82, 2.24) is 10.3 Å². The first-order chi connectivity index (χ1) is 12.1. The van der Waals surface area contributed by atoms with E-state index in [0.717, 1.165) is 21.9 Å². The van der Waals surface area contributed by atoms with E-state index in [1.165, 1.54) is 37.7 Å². The molecule has 0 amide bonds. The summed E-state index contributed by atoms with van der Waals surface area (Å²) in [6.07, 6.45) is 7.89. The van der Waals surface area contributed by atoms with Gasteiger partial charge in [0.05, 0.1) is 0 Å². The van der Waals surface area contributed by atoms with Crippen LogP contribution in [0.1, 0.15) is 37.7 Å². The highest BCUT2D eigenvalue weighted by atomic mass is 79.9. The summed E-state index contributed by atoms with van der Waals surface area (Å²) in [5.41, 5.74) is 1.45. The van der Waals surface area contributed by atoms with Crippen LogP contribution >= 0.6 is 39.7 Å². The number of hydrogen-bond acceptors (Lipinski definition) is 2. The first-order valence-electron chi connectivity index (χ1n) is 8.50. The van der Waals surface area contributed by atoms with Crippen molar-refractivity contribution in [3.05, 3.63) is 57.7 Å². The molecule has 0 unspecified atom stereocenters. The summed E-state index contributed by atoms with van der Waals surface area (Å²) in [4.78, 5) is 4.30. The van der Waals surface area contributed by atoms with Crippen LogP contribution in [-0.4, -0.2) is 16.6 Å². The molecular weight excluding hydrogens is 418 g/mol. The van der Waals surface area contributed by atoms with Gasteiger partial charge in [0.2, 0.25) is 0 Å². The summed E-state index contributed by atoms with van der Waals surface area (Å²) in [6, 6.07) is 12.1. The van der Waals surface area contributed by atoms with Crippen molar-refractivity contribution in [3.63, 3.8) is 0 Å². The van der Waals surface area contributed by atoms with E-state index in [4.69, 9.17) is 23.8 Å². The second-order valence-corrected chi connectivity index (χ2v) is 8.28. The third-order valence-electron chi connectivity index (χ3n) is 4.82. The van der Waals surface area contributed by atoms with Gasteiger partial charge in [-0.3, -0.25) is 0 Å². The van der Waals surface area contributed by atoms with Crippen molar-refractivity contribution in [2.24, 2.45) is 0 Å². The summed E-state index contributed by atoms with van der Waals surface area (Å²) in [6.45, 7) is 0.816. The molecule has 1 saturated carbocycles. The molecule has 1 aliphatic rings. The Morgan fingerprint density at radius 3 is 2.48 bits per heavy atom. The van der Waals surface area contributed by atoms with Gasteiger partial charge in [0.15, 0.2) is 5.11 Å². The highest BCUT2D eigenvalue weighted by Crippen LogP contribution is 2.39. The van der Waals surface area contributed by atoms with E-state index in [9.17, 15) is 0 Å². The lowest BCUT2D eigenvalue weighted by Crippen LogP contribution is -2.43. The summed E-state index contributed by atoms with van der Waals surface area (Å²) in [7, 11) is 0. The lowest BCUT2D eigenvalue weighted by molar-refractivity contribution is 0.292. The van der Waals surface area contributed by atoms with Gasteiger partial charge in [-0.1, -0.05) is 43.0 Å².